The van der Waals surface area contributed by atoms with Crippen molar-refractivity contribution >= 4 is 35.7 Å². The molecule has 1 aliphatic rings. The van der Waals surface area contributed by atoms with Crippen molar-refractivity contribution in [1.29, 1.82) is 0 Å². The van der Waals surface area contributed by atoms with Crippen molar-refractivity contribution in [3.05, 3.63) is 203 Å². The maximum absolute atomic E-state index is 14.1. The summed E-state index contributed by atoms with van der Waals surface area (Å²) in [6.45, 7) is 4.14. The van der Waals surface area contributed by atoms with E-state index in [2.05, 4.69) is 12.2 Å². The van der Waals surface area contributed by atoms with E-state index in [1.807, 2.05) is 54.6 Å². The molecule has 6 aromatic carbocycles. The highest BCUT2D eigenvalue weighted by molar-refractivity contribution is 5.91. The Morgan fingerprint density at radius 3 is 1.74 bits per heavy atom. The minimum absolute atomic E-state index is 0.0205. The second-order valence-corrected chi connectivity index (χ2v) is 15.6. The first-order valence-corrected chi connectivity index (χ1v) is 21.4. The number of carbonyl (C=O) groups is 5. The second-order valence-electron chi connectivity index (χ2n) is 15.6. The number of aryl methyl sites for hydroxylation is 1. The van der Waals surface area contributed by atoms with Gasteiger partial charge < -0.3 is 33.2 Å². The molecule has 0 aliphatic carbocycles. The Morgan fingerprint density at radius 2 is 1.17 bits per heavy atom. The Hall–Kier alpha value is -7.77. The summed E-state index contributed by atoms with van der Waals surface area (Å²) in [5.74, 6) is -3.04. The first-order valence-electron chi connectivity index (χ1n) is 21.4. The Balaban J connectivity index is 1.31. The van der Waals surface area contributed by atoms with Crippen LogP contribution in [-0.4, -0.2) is 66.8 Å². The smallest absolute Gasteiger partial charge is 0.411 e. The fraction of sp³-hybridized carbons (Fsp3) is 0.226. The van der Waals surface area contributed by atoms with Gasteiger partial charge >= 0.3 is 30.0 Å². The maximum atomic E-state index is 14.1. The van der Waals surface area contributed by atoms with Crippen LogP contribution in [0.2, 0.25) is 0 Å². The van der Waals surface area contributed by atoms with E-state index in [4.69, 9.17) is 33.2 Å². The molecule has 13 nitrogen and oxygen atoms in total. The molecule has 0 bridgehead atoms. The van der Waals surface area contributed by atoms with Crippen molar-refractivity contribution in [3.8, 4) is 5.75 Å². The van der Waals surface area contributed by atoms with Crippen LogP contribution in [0.25, 0.3) is 0 Å². The summed E-state index contributed by atoms with van der Waals surface area (Å²) < 4.78 is 43.2. The molecule has 1 aliphatic heterocycles. The van der Waals surface area contributed by atoms with E-state index in [0.717, 1.165) is 30.0 Å². The predicted molar refractivity (Wildman–Crippen MR) is 243 cm³/mol. The highest BCUT2D eigenvalue weighted by Crippen LogP contribution is 2.40. The molecule has 6 aromatic rings. The number of carbonyl (C=O) groups excluding carboxylic acids is 5. The first kappa shape index (κ1) is 46.2. The Morgan fingerprint density at radius 1 is 0.621 bits per heavy atom. The fourth-order valence-electron chi connectivity index (χ4n) is 7.40. The van der Waals surface area contributed by atoms with E-state index in [-0.39, 0.29) is 34.7 Å². The van der Waals surface area contributed by atoms with E-state index >= 15 is 0 Å². The summed E-state index contributed by atoms with van der Waals surface area (Å²) in [6, 6.07) is 46.7. The molecule has 7 rings (SSSR count). The number of nitrogens with one attached hydrogen (secondary N) is 1. The molecule has 1 fully saturated rings. The third-order valence-corrected chi connectivity index (χ3v) is 10.9. The van der Waals surface area contributed by atoms with Gasteiger partial charge in [-0.15, -0.1) is 0 Å². The van der Waals surface area contributed by atoms with Crippen LogP contribution < -0.4 is 10.1 Å². The topological polar surface area (TPSA) is 162 Å². The number of benzene rings is 6. The number of anilines is 1. The lowest BCUT2D eigenvalue weighted by Gasteiger charge is -2.50. The van der Waals surface area contributed by atoms with Crippen LogP contribution in [0, 0.1) is 0 Å². The van der Waals surface area contributed by atoms with Gasteiger partial charge in [0.15, 0.2) is 11.7 Å². The van der Waals surface area contributed by atoms with Gasteiger partial charge in [-0.25, -0.2) is 19.2 Å². The molecule has 0 spiro atoms. The van der Waals surface area contributed by atoms with E-state index in [1.165, 1.54) is 31.2 Å². The van der Waals surface area contributed by atoms with Gasteiger partial charge in [0.2, 0.25) is 12.4 Å². The van der Waals surface area contributed by atoms with Gasteiger partial charge in [-0.05, 0) is 78.1 Å². The quantitative estimate of drug-likeness (QED) is 0.0725. The van der Waals surface area contributed by atoms with Crippen molar-refractivity contribution in [2.45, 2.75) is 70.4 Å². The summed E-state index contributed by atoms with van der Waals surface area (Å²) in [5.41, 5.74) is 2.32. The third-order valence-electron chi connectivity index (χ3n) is 10.9. The van der Waals surface area contributed by atoms with Crippen LogP contribution in [0.5, 0.6) is 5.75 Å². The molecule has 13 heteroatoms. The van der Waals surface area contributed by atoms with E-state index in [0.29, 0.717) is 12.0 Å². The normalized spacial score (nSPS) is 18.8. The molecule has 1 amide bonds. The number of amides is 1. The van der Waals surface area contributed by atoms with Crippen molar-refractivity contribution in [2.24, 2.45) is 0 Å². The Bertz CT molecular complexity index is 2590. The minimum Gasteiger partial charge on any atom is -0.460 e. The highest BCUT2D eigenvalue weighted by Gasteiger charge is 2.61. The largest absolute Gasteiger partial charge is 0.460 e. The maximum Gasteiger partial charge on any atom is 0.411 e. The zero-order valence-corrected chi connectivity index (χ0v) is 36.6. The van der Waals surface area contributed by atoms with Crippen LogP contribution in [0.4, 0.5) is 10.5 Å². The van der Waals surface area contributed by atoms with Gasteiger partial charge in [-0.1, -0.05) is 122 Å². The number of hydrogen-bond donors (Lipinski definition) is 1. The monoisotopic (exact) mass is 891 g/mol. The zero-order chi connectivity index (χ0) is 46.5. The van der Waals surface area contributed by atoms with Crippen molar-refractivity contribution in [3.63, 3.8) is 0 Å². The molecule has 338 valence electrons. The molecule has 1 heterocycles. The third kappa shape index (κ3) is 11.9. The van der Waals surface area contributed by atoms with Gasteiger partial charge in [0, 0.05) is 25.1 Å². The average molecular weight is 892 g/mol. The molecule has 5 atom stereocenters. The molecule has 0 unspecified atom stereocenters. The number of rotatable bonds is 16. The van der Waals surface area contributed by atoms with E-state index in [9.17, 15) is 24.0 Å². The summed E-state index contributed by atoms with van der Waals surface area (Å²) >= 11 is 0. The summed E-state index contributed by atoms with van der Waals surface area (Å²) in [6.07, 6.45) is -5.89. The standard InChI is InChI=1S/C53H49NO12/c1-4-36-25-27-37(28-26-36)31-42-29-30-43(54-52(59)61-33-38-17-9-5-10-18-38)32-44(42)62-51-46(64-49(57)40-21-13-7-14-22-40)47(65-50(58)41-23-15-8-16-24-41)53(3,66-35(2)55)45(63-51)34-60-48(56)39-19-11-6-12-20-39/h5-30,32,45-47,51H,4,31,33-34H2,1-3H3,(H,54,59)/t45-,46-,47-,51-,53-/m1/s1. The molecular formula is C53H49NO12. The SMILES string of the molecule is CCc1ccc(Cc2ccc(NC(=O)OCc3ccccc3)cc2O[C@@H]2O[C@H](COC(=O)c3ccccc3)[C@@](C)(OC(C)=O)[C@H](OC(=O)c3ccccc3)[C@H]2OC(=O)c2ccccc2)cc1. The second kappa shape index (κ2) is 21.7. The lowest BCUT2D eigenvalue weighted by atomic mass is 9.85. The van der Waals surface area contributed by atoms with Gasteiger partial charge in [-0.2, -0.15) is 0 Å². The lowest BCUT2D eigenvalue weighted by Crippen LogP contribution is -2.70. The molecule has 66 heavy (non-hydrogen) atoms. The van der Waals surface area contributed by atoms with Gasteiger partial charge in [-0.3, -0.25) is 10.1 Å². The number of ether oxygens (including phenoxy) is 7. The Kier molecular flexibility index (Phi) is 15.2. The lowest BCUT2D eigenvalue weighted by molar-refractivity contribution is -0.309. The first-order chi connectivity index (χ1) is 32.0. The van der Waals surface area contributed by atoms with Crippen molar-refractivity contribution < 1.29 is 57.1 Å². The predicted octanol–water partition coefficient (Wildman–Crippen LogP) is 9.32. The number of esters is 4. The van der Waals surface area contributed by atoms with Crippen molar-refractivity contribution in [1.82, 2.24) is 0 Å². The molecule has 0 aromatic heterocycles. The van der Waals surface area contributed by atoms with Crippen LogP contribution >= 0.6 is 0 Å². The molecule has 1 saturated heterocycles. The highest BCUT2D eigenvalue weighted by atomic mass is 16.7. The van der Waals surface area contributed by atoms with Crippen LogP contribution in [0.3, 0.4) is 0 Å². The van der Waals surface area contributed by atoms with E-state index in [1.54, 1.807) is 84.9 Å². The van der Waals surface area contributed by atoms with Gasteiger partial charge in [0.1, 0.15) is 25.1 Å². The van der Waals surface area contributed by atoms with E-state index < -0.39 is 66.8 Å². The zero-order valence-electron chi connectivity index (χ0n) is 36.6. The van der Waals surface area contributed by atoms with Crippen LogP contribution in [0.15, 0.2) is 164 Å². The number of hydrogen-bond acceptors (Lipinski definition) is 12. The fourth-order valence-corrected chi connectivity index (χ4v) is 7.40. The summed E-state index contributed by atoms with van der Waals surface area (Å²) in [5, 5.41) is 2.75. The molecule has 1 N–H and O–H groups in total. The van der Waals surface area contributed by atoms with Crippen LogP contribution in [0.1, 0.15) is 74.1 Å². The van der Waals surface area contributed by atoms with Gasteiger partial charge in [0.05, 0.1) is 16.7 Å². The minimum atomic E-state index is -1.98. The van der Waals surface area contributed by atoms with Gasteiger partial charge in [0.25, 0.3) is 0 Å². The average Bonchev–Trinajstić information content (AvgIpc) is 3.34. The summed E-state index contributed by atoms with van der Waals surface area (Å²) in [7, 11) is 0. The summed E-state index contributed by atoms with van der Waals surface area (Å²) in [4.78, 5) is 67.8. The molecule has 0 radical (unpaired) electrons. The molecular weight excluding hydrogens is 843 g/mol. The molecule has 0 saturated carbocycles. The van der Waals surface area contributed by atoms with Crippen molar-refractivity contribution in [2.75, 3.05) is 11.9 Å². The Labute approximate surface area is 382 Å². The van der Waals surface area contributed by atoms with Crippen LogP contribution in [-0.2, 0) is 52.7 Å².